The fourth-order valence-electron chi connectivity index (χ4n) is 3.69. The summed E-state index contributed by atoms with van der Waals surface area (Å²) in [6, 6.07) is 12.3. The molecule has 0 aliphatic carbocycles. The van der Waals surface area contributed by atoms with Gasteiger partial charge in [0.25, 0.3) is 5.72 Å². The van der Waals surface area contributed by atoms with Crippen molar-refractivity contribution in [1.82, 2.24) is 20.6 Å². The zero-order valence-corrected chi connectivity index (χ0v) is 18.8. The van der Waals surface area contributed by atoms with E-state index in [1.54, 1.807) is 30.3 Å². The maximum Gasteiger partial charge on any atom is 0.257 e. The Morgan fingerprint density at radius 3 is 2.67 bits per heavy atom. The van der Waals surface area contributed by atoms with Crippen LogP contribution in [0.25, 0.3) is 0 Å². The number of nitrogens with one attached hydrogen (secondary N) is 1. The quantitative estimate of drug-likeness (QED) is 0.333. The fourth-order valence-corrected chi connectivity index (χ4v) is 3.69. The fraction of sp³-hybridized carbons (Fsp3) is 0.417. The molecule has 1 aliphatic heterocycles. The number of nitrogens with zero attached hydrogens (tertiary/aromatic N) is 3. The average molecular weight is 452 g/mol. The van der Waals surface area contributed by atoms with Gasteiger partial charge < -0.3 is 14.2 Å². The second kappa shape index (κ2) is 10.4. The van der Waals surface area contributed by atoms with Crippen LogP contribution >= 0.6 is 0 Å². The molecule has 9 heteroatoms. The lowest BCUT2D eigenvalue weighted by molar-refractivity contribution is -0.0154. The number of para-hydroxylation sites is 1. The molecular formula is C24H29N5O4. The normalized spacial score (nSPS) is 17.0. The standard InChI is InChI=1S/C24H29N5O4/c1-2-3-4-5-6-7-15-31-18-13-11-17(12-14-18)21(30)19-9-8-10-20-22(19)33-24(25,16-32-20)23-26-28-29-27-23/h8-14H,2-7,15-16,25H2,1H3,(H,26,27,28,29). The molecule has 0 amide bonds. The Morgan fingerprint density at radius 1 is 1.12 bits per heavy atom. The first-order chi connectivity index (χ1) is 16.1. The number of hydrogen-bond donors (Lipinski definition) is 2. The van der Waals surface area contributed by atoms with Crippen molar-refractivity contribution in [3.63, 3.8) is 0 Å². The van der Waals surface area contributed by atoms with Gasteiger partial charge in [-0.05, 0) is 48.0 Å². The predicted molar refractivity (Wildman–Crippen MR) is 121 cm³/mol. The first kappa shape index (κ1) is 22.7. The van der Waals surface area contributed by atoms with Gasteiger partial charge >= 0.3 is 0 Å². The highest BCUT2D eigenvalue weighted by Gasteiger charge is 2.41. The molecule has 174 valence electrons. The van der Waals surface area contributed by atoms with Crippen molar-refractivity contribution < 1.29 is 19.0 Å². The summed E-state index contributed by atoms with van der Waals surface area (Å²) in [4.78, 5) is 13.2. The maximum absolute atomic E-state index is 13.2. The Kier molecular flexibility index (Phi) is 7.19. The van der Waals surface area contributed by atoms with Crippen LogP contribution in [0.3, 0.4) is 0 Å². The van der Waals surface area contributed by atoms with Gasteiger partial charge in [0.1, 0.15) is 12.4 Å². The zero-order chi connectivity index (χ0) is 23.1. The van der Waals surface area contributed by atoms with Crippen LogP contribution in [0.4, 0.5) is 0 Å². The third-order valence-electron chi connectivity index (χ3n) is 5.56. The smallest absolute Gasteiger partial charge is 0.257 e. The van der Waals surface area contributed by atoms with Gasteiger partial charge in [-0.2, -0.15) is 5.21 Å². The number of ether oxygens (including phenoxy) is 3. The average Bonchev–Trinajstić information content (AvgIpc) is 3.39. The number of carbonyl (C=O) groups excluding carboxylic acids is 1. The highest BCUT2D eigenvalue weighted by molar-refractivity contribution is 6.11. The number of tetrazole rings is 1. The molecule has 0 saturated heterocycles. The summed E-state index contributed by atoms with van der Waals surface area (Å²) in [5.41, 5.74) is 5.69. The number of fused-ring (bicyclic) bond motifs is 1. The molecule has 0 spiro atoms. The summed E-state index contributed by atoms with van der Waals surface area (Å²) < 4.78 is 17.6. The lowest BCUT2D eigenvalue weighted by Gasteiger charge is -2.33. The predicted octanol–water partition coefficient (Wildman–Crippen LogP) is 3.75. The number of H-pyrrole nitrogens is 1. The van der Waals surface area contributed by atoms with Crippen LogP contribution in [0.15, 0.2) is 42.5 Å². The Balaban J connectivity index is 1.41. The molecule has 1 aliphatic rings. The number of rotatable bonds is 11. The van der Waals surface area contributed by atoms with Gasteiger partial charge in [-0.15, -0.1) is 10.2 Å². The first-order valence-electron chi connectivity index (χ1n) is 11.4. The van der Waals surface area contributed by atoms with Crippen LogP contribution in [0.5, 0.6) is 17.2 Å². The van der Waals surface area contributed by atoms with Gasteiger partial charge in [0.2, 0.25) is 5.82 Å². The highest BCUT2D eigenvalue weighted by Crippen LogP contribution is 2.40. The van der Waals surface area contributed by atoms with Crippen LogP contribution in [0, 0.1) is 0 Å². The Bertz CT molecular complexity index is 1060. The van der Waals surface area contributed by atoms with Crippen LogP contribution in [0.2, 0.25) is 0 Å². The summed E-state index contributed by atoms with van der Waals surface area (Å²) in [6.07, 6.45) is 7.27. The van der Waals surface area contributed by atoms with Crippen LogP contribution in [-0.4, -0.2) is 39.6 Å². The molecule has 1 atom stereocenters. The van der Waals surface area contributed by atoms with Gasteiger partial charge in [-0.3, -0.25) is 10.5 Å². The summed E-state index contributed by atoms with van der Waals surface area (Å²) in [5.74, 6) is 1.36. The van der Waals surface area contributed by atoms with E-state index in [1.807, 2.05) is 12.1 Å². The van der Waals surface area contributed by atoms with Crippen molar-refractivity contribution in [3.8, 4) is 17.2 Å². The number of aromatic nitrogens is 4. The number of benzene rings is 2. The molecule has 1 unspecified atom stereocenters. The van der Waals surface area contributed by atoms with E-state index >= 15 is 0 Å². The molecule has 3 aromatic rings. The summed E-state index contributed by atoms with van der Waals surface area (Å²) >= 11 is 0. The van der Waals surface area contributed by atoms with Crippen molar-refractivity contribution >= 4 is 5.78 Å². The Hall–Kier alpha value is -3.46. The van der Waals surface area contributed by atoms with E-state index in [0.717, 1.165) is 12.2 Å². The van der Waals surface area contributed by atoms with Crippen LogP contribution in [0.1, 0.15) is 67.2 Å². The second-order valence-corrected chi connectivity index (χ2v) is 8.12. The van der Waals surface area contributed by atoms with Crippen molar-refractivity contribution in [2.45, 2.75) is 51.2 Å². The molecule has 0 radical (unpaired) electrons. The molecule has 33 heavy (non-hydrogen) atoms. The lowest BCUT2D eigenvalue weighted by atomic mass is 10.0. The van der Waals surface area contributed by atoms with Gasteiger partial charge in [0, 0.05) is 5.56 Å². The van der Waals surface area contributed by atoms with E-state index in [2.05, 4.69) is 27.5 Å². The highest BCUT2D eigenvalue weighted by atomic mass is 16.6. The van der Waals surface area contributed by atoms with Crippen molar-refractivity contribution in [2.24, 2.45) is 5.73 Å². The SMILES string of the molecule is CCCCCCCCOc1ccc(C(=O)c2cccc3c2OC(N)(c2nn[nH]n2)CO3)cc1. The van der Waals surface area contributed by atoms with Crippen molar-refractivity contribution in [2.75, 3.05) is 13.2 Å². The van der Waals surface area contributed by atoms with E-state index in [0.29, 0.717) is 23.5 Å². The maximum atomic E-state index is 13.2. The van der Waals surface area contributed by atoms with Gasteiger partial charge in [-0.25, -0.2) is 0 Å². The molecule has 1 aromatic heterocycles. The largest absolute Gasteiger partial charge is 0.494 e. The zero-order valence-electron chi connectivity index (χ0n) is 18.8. The van der Waals surface area contributed by atoms with E-state index in [1.165, 1.54) is 32.1 Å². The molecule has 0 fully saturated rings. The minimum atomic E-state index is -1.45. The number of nitrogens with two attached hydrogens (primary N) is 1. The van der Waals surface area contributed by atoms with Crippen LogP contribution < -0.4 is 19.9 Å². The minimum Gasteiger partial charge on any atom is -0.494 e. The first-order valence-corrected chi connectivity index (χ1v) is 11.4. The lowest BCUT2D eigenvalue weighted by Crippen LogP contribution is -2.51. The molecule has 3 N–H and O–H groups in total. The number of hydrogen-bond acceptors (Lipinski definition) is 8. The van der Waals surface area contributed by atoms with Crippen molar-refractivity contribution in [3.05, 3.63) is 59.4 Å². The summed E-state index contributed by atoms with van der Waals surface area (Å²) in [5, 5.41) is 13.7. The Labute approximate surface area is 192 Å². The molecular weight excluding hydrogens is 422 g/mol. The Morgan fingerprint density at radius 2 is 1.91 bits per heavy atom. The van der Waals surface area contributed by atoms with E-state index in [4.69, 9.17) is 19.9 Å². The number of aromatic amines is 1. The van der Waals surface area contributed by atoms with E-state index < -0.39 is 5.72 Å². The topological polar surface area (TPSA) is 125 Å². The van der Waals surface area contributed by atoms with Gasteiger partial charge in [0.15, 0.2) is 17.3 Å². The monoisotopic (exact) mass is 451 g/mol. The molecule has 0 bridgehead atoms. The van der Waals surface area contributed by atoms with Crippen LogP contribution in [-0.2, 0) is 5.72 Å². The van der Waals surface area contributed by atoms with Gasteiger partial charge in [-0.1, -0.05) is 45.1 Å². The molecule has 2 heterocycles. The third-order valence-corrected chi connectivity index (χ3v) is 5.56. The number of ketones is 1. The van der Waals surface area contributed by atoms with Gasteiger partial charge in [0.05, 0.1) is 12.2 Å². The molecule has 9 nitrogen and oxygen atoms in total. The molecule has 0 saturated carbocycles. The third kappa shape index (κ3) is 5.31. The summed E-state index contributed by atoms with van der Waals surface area (Å²) in [6.45, 7) is 2.87. The number of unbranched alkanes of at least 4 members (excludes halogenated alkanes) is 5. The molecule has 4 rings (SSSR count). The number of carbonyl (C=O) groups is 1. The molecule has 2 aromatic carbocycles. The van der Waals surface area contributed by atoms with Crippen molar-refractivity contribution in [1.29, 1.82) is 0 Å². The van der Waals surface area contributed by atoms with E-state index in [9.17, 15) is 4.79 Å². The van der Waals surface area contributed by atoms with E-state index in [-0.39, 0.29) is 24.0 Å². The second-order valence-electron chi connectivity index (χ2n) is 8.12. The minimum absolute atomic E-state index is 0.0121. The summed E-state index contributed by atoms with van der Waals surface area (Å²) in [7, 11) is 0.